The van der Waals surface area contributed by atoms with Crippen molar-refractivity contribution < 1.29 is 0 Å². The van der Waals surface area contributed by atoms with Crippen LogP contribution < -0.4 is 0 Å². The van der Waals surface area contributed by atoms with E-state index in [0.29, 0.717) is 24.6 Å². The van der Waals surface area contributed by atoms with Gasteiger partial charge >= 0.3 is 0 Å². The molecular formula is C8H9Cl. The lowest BCUT2D eigenvalue weighted by Crippen LogP contribution is -1.98. The molecule has 0 saturated carbocycles. The van der Waals surface area contributed by atoms with E-state index < -0.39 is 0 Å². The Balaban J connectivity index is 3.47. The number of halogens is 1. The van der Waals surface area contributed by atoms with E-state index in [1.807, 2.05) is 0 Å². The van der Waals surface area contributed by atoms with E-state index in [1.54, 1.807) is 0 Å². The molecule has 0 fully saturated rings. The molecule has 1 heteroatoms. The first-order chi connectivity index (χ1) is 4.35. The molecule has 0 N–H and O–H groups in total. The maximum absolute atomic E-state index is 5.53. The quantitative estimate of drug-likeness (QED) is 0.415. The summed E-state index contributed by atoms with van der Waals surface area (Å²) in [5.74, 6) is 5.92. The summed E-state index contributed by atoms with van der Waals surface area (Å²) in [6.45, 7) is 0. The lowest BCUT2D eigenvalue weighted by molar-refractivity contribution is 0.631. The Morgan fingerprint density at radius 1 is 1.22 bits per heavy atom. The Kier molecular flexibility index (Phi) is 5.18. The van der Waals surface area contributed by atoms with Crippen LogP contribution in [0.1, 0.15) is 12.8 Å². The summed E-state index contributed by atoms with van der Waals surface area (Å²) in [6.07, 6.45) is 11.5. The zero-order chi connectivity index (χ0) is 7.11. The fourth-order valence-electron chi connectivity index (χ4n) is 0.515. The zero-order valence-electron chi connectivity index (χ0n) is 5.23. The average molecular weight is 141 g/mol. The number of hydrogen-bond donors (Lipinski definition) is 0. The molecule has 0 rings (SSSR count). The molecule has 0 bridgehead atoms. The van der Waals surface area contributed by atoms with Crippen molar-refractivity contribution in [1.82, 2.24) is 0 Å². The third-order valence-corrected chi connectivity index (χ3v) is 1.47. The smallest absolute Gasteiger partial charge is 0.0269 e. The van der Waals surface area contributed by atoms with Crippen LogP contribution in [0.2, 0.25) is 0 Å². The van der Waals surface area contributed by atoms with Crippen molar-refractivity contribution in [2.45, 2.75) is 12.8 Å². The van der Waals surface area contributed by atoms with Crippen LogP contribution in [0.5, 0.6) is 0 Å². The molecule has 0 spiro atoms. The molecule has 0 unspecified atom stereocenters. The monoisotopic (exact) mass is 140 g/mol. The standard InChI is InChI=1S/C8H9Cl/c1-3-5-8(7-9)6-4-2/h1-2,8H,5-7H2. The highest BCUT2D eigenvalue weighted by molar-refractivity contribution is 6.18. The van der Waals surface area contributed by atoms with Gasteiger partial charge in [-0.2, -0.15) is 0 Å². The molecule has 0 aromatic rings. The Hall–Kier alpha value is -0.590. The van der Waals surface area contributed by atoms with Crippen LogP contribution in [0, 0.1) is 30.6 Å². The van der Waals surface area contributed by atoms with Crippen molar-refractivity contribution >= 4 is 11.6 Å². The van der Waals surface area contributed by atoms with E-state index >= 15 is 0 Å². The molecule has 0 atom stereocenters. The second-order valence-corrected chi connectivity index (χ2v) is 2.15. The minimum absolute atomic E-state index is 0.307. The predicted octanol–water partition coefficient (Wildman–Crippen LogP) is 1.89. The molecule has 0 nitrogen and oxygen atoms in total. The average Bonchev–Trinajstić information content (AvgIpc) is 1.88. The first-order valence-electron chi connectivity index (χ1n) is 2.78. The van der Waals surface area contributed by atoms with Gasteiger partial charge in [-0.25, -0.2) is 0 Å². The molecule has 0 amide bonds. The van der Waals surface area contributed by atoms with Crippen LogP contribution in [-0.4, -0.2) is 5.88 Å². The van der Waals surface area contributed by atoms with E-state index in [2.05, 4.69) is 11.8 Å². The van der Waals surface area contributed by atoms with Gasteiger partial charge in [-0.15, -0.1) is 36.3 Å². The van der Waals surface area contributed by atoms with Crippen LogP contribution in [0.4, 0.5) is 0 Å². The van der Waals surface area contributed by atoms with Gasteiger partial charge in [0.05, 0.1) is 0 Å². The molecule has 0 aliphatic carbocycles. The maximum atomic E-state index is 5.53. The van der Waals surface area contributed by atoms with Gasteiger partial charge in [0.2, 0.25) is 0 Å². The highest BCUT2D eigenvalue weighted by atomic mass is 35.5. The van der Waals surface area contributed by atoms with E-state index in [4.69, 9.17) is 24.4 Å². The fraction of sp³-hybridized carbons (Fsp3) is 0.500. The lowest BCUT2D eigenvalue weighted by Gasteiger charge is -2.02. The number of hydrogen-bond acceptors (Lipinski definition) is 0. The number of rotatable bonds is 3. The molecule has 0 heterocycles. The van der Waals surface area contributed by atoms with E-state index in [-0.39, 0.29) is 0 Å². The van der Waals surface area contributed by atoms with E-state index in [1.165, 1.54) is 0 Å². The van der Waals surface area contributed by atoms with Crippen molar-refractivity contribution in [3.8, 4) is 24.7 Å². The topological polar surface area (TPSA) is 0 Å². The highest BCUT2D eigenvalue weighted by Gasteiger charge is 2.01. The molecular weight excluding hydrogens is 132 g/mol. The summed E-state index contributed by atoms with van der Waals surface area (Å²) in [4.78, 5) is 0. The summed E-state index contributed by atoms with van der Waals surface area (Å²) in [7, 11) is 0. The minimum Gasteiger partial charge on any atom is -0.126 e. The third kappa shape index (κ3) is 3.95. The number of terminal acetylenes is 2. The predicted molar refractivity (Wildman–Crippen MR) is 41.1 cm³/mol. The maximum Gasteiger partial charge on any atom is 0.0269 e. The minimum atomic E-state index is 0.307. The van der Waals surface area contributed by atoms with Crippen LogP contribution in [0.15, 0.2) is 0 Å². The van der Waals surface area contributed by atoms with E-state index in [9.17, 15) is 0 Å². The zero-order valence-corrected chi connectivity index (χ0v) is 5.99. The van der Waals surface area contributed by atoms with Crippen molar-refractivity contribution in [2.75, 3.05) is 5.88 Å². The van der Waals surface area contributed by atoms with Crippen molar-refractivity contribution in [3.05, 3.63) is 0 Å². The molecule has 48 valence electrons. The van der Waals surface area contributed by atoms with Crippen LogP contribution in [-0.2, 0) is 0 Å². The first kappa shape index (κ1) is 8.41. The molecule has 0 aromatic carbocycles. The Morgan fingerprint density at radius 3 is 1.89 bits per heavy atom. The van der Waals surface area contributed by atoms with Crippen molar-refractivity contribution in [2.24, 2.45) is 5.92 Å². The van der Waals surface area contributed by atoms with Gasteiger partial charge in [-0.1, -0.05) is 0 Å². The van der Waals surface area contributed by atoms with Gasteiger partial charge in [0.15, 0.2) is 0 Å². The summed E-state index contributed by atoms with van der Waals surface area (Å²) >= 11 is 5.53. The summed E-state index contributed by atoms with van der Waals surface area (Å²) in [5.41, 5.74) is 0. The van der Waals surface area contributed by atoms with Crippen LogP contribution in [0.25, 0.3) is 0 Å². The largest absolute Gasteiger partial charge is 0.126 e. The third-order valence-electron chi connectivity index (χ3n) is 1.03. The van der Waals surface area contributed by atoms with Crippen molar-refractivity contribution in [1.29, 1.82) is 0 Å². The summed E-state index contributed by atoms with van der Waals surface area (Å²) < 4.78 is 0. The summed E-state index contributed by atoms with van der Waals surface area (Å²) in [5, 5.41) is 0. The van der Waals surface area contributed by atoms with Crippen molar-refractivity contribution in [3.63, 3.8) is 0 Å². The molecule has 0 radical (unpaired) electrons. The highest BCUT2D eigenvalue weighted by Crippen LogP contribution is 2.07. The van der Waals surface area contributed by atoms with Gasteiger partial charge in [0.1, 0.15) is 0 Å². The summed E-state index contributed by atoms with van der Waals surface area (Å²) in [6, 6.07) is 0. The Labute approximate surface area is 61.6 Å². The van der Waals surface area contributed by atoms with Crippen LogP contribution in [0.3, 0.4) is 0 Å². The fourth-order valence-corrected chi connectivity index (χ4v) is 0.733. The van der Waals surface area contributed by atoms with Gasteiger partial charge in [0.25, 0.3) is 0 Å². The van der Waals surface area contributed by atoms with Gasteiger partial charge < -0.3 is 0 Å². The number of alkyl halides is 1. The normalized spacial score (nSPS) is 8.44. The molecule has 0 aromatic heterocycles. The molecule has 0 saturated heterocycles. The second kappa shape index (κ2) is 5.54. The van der Waals surface area contributed by atoms with Gasteiger partial charge in [-0.3, -0.25) is 0 Å². The van der Waals surface area contributed by atoms with Crippen LogP contribution >= 0.6 is 11.6 Å². The van der Waals surface area contributed by atoms with Gasteiger partial charge in [-0.05, 0) is 5.92 Å². The Morgan fingerprint density at radius 2 is 1.67 bits per heavy atom. The molecule has 0 aliphatic rings. The van der Waals surface area contributed by atoms with Gasteiger partial charge in [0, 0.05) is 18.7 Å². The molecule has 9 heavy (non-hydrogen) atoms. The Bertz CT molecular complexity index is 120. The lowest BCUT2D eigenvalue weighted by atomic mass is 10.1. The second-order valence-electron chi connectivity index (χ2n) is 1.84. The first-order valence-corrected chi connectivity index (χ1v) is 3.31. The SMILES string of the molecule is C#CCC(CCl)CC#C. The van der Waals surface area contributed by atoms with E-state index in [0.717, 1.165) is 0 Å². The molecule has 0 aliphatic heterocycles.